The van der Waals surface area contributed by atoms with Crippen molar-refractivity contribution in [1.29, 1.82) is 0 Å². The van der Waals surface area contributed by atoms with Gasteiger partial charge in [0.15, 0.2) is 23.6 Å². The van der Waals surface area contributed by atoms with Crippen molar-refractivity contribution in [3.05, 3.63) is 47.5 Å². The predicted octanol–water partition coefficient (Wildman–Crippen LogP) is -0.958. The van der Waals surface area contributed by atoms with Gasteiger partial charge in [0.25, 0.3) is 0 Å². The Morgan fingerprint density at radius 2 is 1.45 bits per heavy atom. The van der Waals surface area contributed by atoms with Gasteiger partial charge in [0.2, 0.25) is 6.29 Å². The fourth-order valence-corrected chi connectivity index (χ4v) is 4.75. The molecule has 2 aromatic carbocycles. The van der Waals surface area contributed by atoms with Gasteiger partial charge in [-0.15, -0.1) is 0 Å². The van der Waals surface area contributed by atoms with Crippen LogP contribution in [-0.4, -0.2) is 129 Å². The molecule has 44 heavy (non-hydrogen) atoms. The van der Waals surface area contributed by atoms with E-state index in [4.69, 9.17) is 28.4 Å². The standard InChI is InChI=1S/C29H36O15/c1-12-22(33)24(35)26(37)28(42-12)41-11-20-23(34)25(36)27(38)29(44-20)43-14-9-17(32)21(19(10-14)40-3)15(30)6-4-13-5-7-18(39-2)16(31)8-13/h4-10,12,20,22-29,31-38H,11H2,1-3H3/b6-4+/t12-,20+,22+,23-,24-,25-,26-,27-,28+,29+/m0/s1. The van der Waals surface area contributed by atoms with Gasteiger partial charge in [-0.05, 0) is 30.7 Å². The molecule has 10 atom stereocenters. The van der Waals surface area contributed by atoms with Gasteiger partial charge < -0.3 is 69.3 Å². The molecule has 0 radical (unpaired) electrons. The van der Waals surface area contributed by atoms with Crippen LogP contribution >= 0.6 is 0 Å². The minimum atomic E-state index is -1.77. The molecule has 0 spiro atoms. The predicted molar refractivity (Wildman–Crippen MR) is 148 cm³/mol. The van der Waals surface area contributed by atoms with Crippen molar-refractivity contribution in [3.8, 4) is 28.7 Å². The third kappa shape index (κ3) is 7.07. The van der Waals surface area contributed by atoms with Gasteiger partial charge in [-0.3, -0.25) is 4.79 Å². The number of methoxy groups -OCH3 is 2. The third-order valence-corrected chi connectivity index (χ3v) is 7.31. The van der Waals surface area contributed by atoms with Gasteiger partial charge in [0.1, 0.15) is 65.5 Å². The number of ether oxygens (including phenoxy) is 6. The molecule has 242 valence electrons. The smallest absolute Gasteiger partial charge is 0.229 e. The molecule has 2 aliphatic rings. The van der Waals surface area contributed by atoms with Crippen molar-refractivity contribution in [3.63, 3.8) is 0 Å². The van der Waals surface area contributed by atoms with E-state index in [9.17, 15) is 45.6 Å². The first-order valence-corrected chi connectivity index (χ1v) is 13.5. The van der Waals surface area contributed by atoms with E-state index in [1.54, 1.807) is 6.07 Å². The first-order chi connectivity index (χ1) is 20.9. The molecule has 15 nitrogen and oxygen atoms in total. The Kier molecular flexibility index (Phi) is 10.7. The molecule has 2 aliphatic heterocycles. The van der Waals surface area contributed by atoms with Crippen molar-refractivity contribution in [2.75, 3.05) is 20.8 Å². The minimum Gasteiger partial charge on any atom is -0.507 e. The lowest BCUT2D eigenvalue weighted by Gasteiger charge is -2.42. The molecule has 0 aliphatic carbocycles. The summed E-state index contributed by atoms with van der Waals surface area (Å²) in [6, 6.07) is 6.80. The fourth-order valence-electron chi connectivity index (χ4n) is 4.75. The van der Waals surface area contributed by atoms with Crippen LogP contribution in [-0.2, 0) is 14.2 Å². The lowest BCUT2D eigenvalue weighted by molar-refractivity contribution is -0.318. The zero-order chi connectivity index (χ0) is 32.3. The number of aromatic hydroxyl groups is 2. The van der Waals surface area contributed by atoms with Gasteiger partial charge in [-0.25, -0.2) is 0 Å². The molecule has 8 N–H and O–H groups in total. The number of phenols is 2. The van der Waals surface area contributed by atoms with E-state index in [1.165, 1.54) is 45.4 Å². The summed E-state index contributed by atoms with van der Waals surface area (Å²) in [4.78, 5) is 12.9. The number of ketones is 1. The van der Waals surface area contributed by atoms with E-state index >= 15 is 0 Å². The molecule has 0 unspecified atom stereocenters. The van der Waals surface area contributed by atoms with E-state index < -0.39 is 79.6 Å². The Bertz CT molecular complexity index is 1330. The van der Waals surface area contributed by atoms with Crippen molar-refractivity contribution in [2.24, 2.45) is 0 Å². The number of hydrogen-bond donors (Lipinski definition) is 8. The highest BCUT2D eigenvalue weighted by Crippen LogP contribution is 2.36. The van der Waals surface area contributed by atoms with Crippen LogP contribution in [0.4, 0.5) is 0 Å². The van der Waals surface area contributed by atoms with Crippen LogP contribution in [0.25, 0.3) is 6.08 Å². The summed E-state index contributed by atoms with van der Waals surface area (Å²) in [5.74, 6) is -1.31. The van der Waals surface area contributed by atoms with Crippen molar-refractivity contribution in [2.45, 2.75) is 68.3 Å². The molecule has 2 heterocycles. The lowest BCUT2D eigenvalue weighted by atomic mass is 9.98. The number of aliphatic hydroxyl groups excluding tert-OH is 6. The van der Waals surface area contributed by atoms with Gasteiger partial charge in [0.05, 0.1) is 26.9 Å². The van der Waals surface area contributed by atoms with E-state index in [0.717, 1.165) is 12.1 Å². The molecule has 0 bridgehead atoms. The second-order valence-electron chi connectivity index (χ2n) is 10.3. The Morgan fingerprint density at radius 1 is 0.795 bits per heavy atom. The zero-order valence-corrected chi connectivity index (χ0v) is 24.0. The summed E-state index contributed by atoms with van der Waals surface area (Å²) in [5.41, 5.74) is 0.263. The van der Waals surface area contributed by atoms with Gasteiger partial charge in [-0.2, -0.15) is 0 Å². The monoisotopic (exact) mass is 624 g/mol. The summed E-state index contributed by atoms with van der Waals surface area (Å²) < 4.78 is 32.3. The molecular formula is C29H36O15. The summed E-state index contributed by atoms with van der Waals surface area (Å²) in [6.07, 6.45) is -12.4. The van der Waals surface area contributed by atoms with Crippen LogP contribution < -0.4 is 14.2 Å². The minimum absolute atomic E-state index is 0.101. The number of benzene rings is 2. The first-order valence-electron chi connectivity index (χ1n) is 13.5. The highest BCUT2D eigenvalue weighted by molar-refractivity contribution is 6.10. The van der Waals surface area contributed by atoms with E-state index in [-0.39, 0.29) is 28.6 Å². The summed E-state index contributed by atoms with van der Waals surface area (Å²) in [7, 11) is 2.65. The average molecular weight is 625 g/mol. The third-order valence-electron chi connectivity index (χ3n) is 7.31. The zero-order valence-electron chi connectivity index (χ0n) is 24.0. The van der Waals surface area contributed by atoms with Crippen LogP contribution in [0.1, 0.15) is 22.8 Å². The molecule has 2 saturated heterocycles. The second-order valence-corrected chi connectivity index (χ2v) is 10.3. The number of aliphatic hydroxyl groups is 6. The highest BCUT2D eigenvalue weighted by Gasteiger charge is 2.47. The van der Waals surface area contributed by atoms with Gasteiger partial charge >= 0.3 is 0 Å². The normalized spacial score (nSPS) is 32.4. The number of carbonyl (C=O) groups excluding carboxylic acids is 1. The maximum Gasteiger partial charge on any atom is 0.229 e. The van der Waals surface area contributed by atoms with Crippen LogP contribution in [0.5, 0.6) is 28.7 Å². The van der Waals surface area contributed by atoms with Crippen LogP contribution in [0, 0.1) is 0 Å². The highest BCUT2D eigenvalue weighted by atomic mass is 16.7. The molecular weight excluding hydrogens is 588 g/mol. The van der Waals surface area contributed by atoms with Crippen molar-refractivity contribution >= 4 is 11.9 Å². The van der Waals surface area contributed by atoms with E-state index in [0.29, 0.717) is 5.56 Å². The van der Waals surface area contributed by atoms with Gasteiger partial charge in [-0.1, -0.05) is 12.1 Å². The second kappa shape index (κ2) is 14.1. The average Bonchev–Trinajstić information content (AvgIpc) is 3.00. The number of hydrogen-bond acceptors (Lipinski definition) is 15. The van der Waals surface area contributed by atoms with E-state index in [1.807, 2.05) is 0 Å². The van der Waals surface area contributed by atoms with Crippen molar-refractivity contribution < 1.29 is 74.1 Å². The molecule has 0 amide bonds. The number of rotatable bonds is 10. The van der Waals surface area contributed by atoms with E-state index in [2.05, 4.69) is 0 Å². The largest absolute Gasteiger partial charge is 0.507 e. The number of allylic oxidation sites excluding steroid dienone is 1. The number of phenolic OH excluding ortho intramolecular Hbond substituents is 2. The summed E-state index contributed by atoms with van der Waals surface area (Å²) in [6.45, 7) is 0.958. The topological polar surface area (TPSA) is 234 Å². The number of carbonyl (C=O) groups is 1. The maximum absolute atomic E-state index is 12.9. The Balaban J connectivity index is 1.46. The first kappa shape index (κ1) is 33.4. The quantitative estimate of drug-likeness (QED) is 0.117. The maximum atomic E-state index is 12.9. The van der Waals surface area contributed by atoms with Gasteiger partial charge in [0, 0.05) is 12.1 Å². The van der Waals surface area contributed by atoms with Crippen LogP contribution in [0.2, 0.25) is 0 Å². The molecule has 2 fully saturated rings. The van der Waals surface area contributed by atoms with Crippen LogP contribution in [0.3, 0.4) is 0 Å². The Hall–Kier alpha value is -3.51. The molecule has 0 saturated carbocycles. The molecule has 0 aromatic heterocycles. The fraction of sp³-hybridized carbons (Fsp3) is 0.483. The van der Waals surface area contributed by atoms with Crippen LogP contribution in [0.15, 0.2) is 36.4 Å². The SMILES string of the molecule is COc1ccc(/C=C/C(=O)c2c(O)cc(O[C@@H]3O[C@H](CO[C@@H]4O[C@@H](C)[C@@H](O)[C@H](O)[C@@H]4O)[C@H](O)[C@H](O)[C@@H]3O)cc2OC)cc1O. The molecule has 4 rings (SSSR count). The summed E-state index contributed by atoms with van der Waals surface area (Å²) >= 11 is 0. The lowest BCUT2D eigenvalue weighted by Crippen LogP contribution is -2.61. The summed E-state index contributed by atoms with van der Waals surface area (Å²) in [5, 5.41) is 82.0. The molecule has 15 heteroatoms. The Labute approximate surface area is 251 Å². The molecule has 2 aromatic rings. The Morgan fingerprint density at radius 3 is 2.11 bits per heavy atom. The van der Waals surface area contributed by atoms with Crippen molar-refractivity contribution in [1.82, 2.24) is 0 Å².